The third-order valence-electron chi connectivity index (χ3n) is 1.51. The lowest BCUT2D eigenvalue weighted by atomic mass is 10.4. The Morgan fingerprint density at radius 2 is 1.27 bits per heavy atom. The first-order valence-electron chi connectivity index (χ1n) is 5.09. The lowest BCUT2D eigenvalue weighted by Gasteiger charge is -2.04. The van der Waals surface area contributed by atoms with Crippen LogP contribution in [0.15, 0.2) is 0 Å². The van der Waals surface area contributed by atoms with E-state index < -0.39 is 0 Å². The van der Waals surface area contributed by atoms with E-state index in [2.05, 4.69) is 0 Å². The van der Waals surface area contributed by atoms with Crippen LogP contribution in [0.4, 0.5) is 0 Å². The van der Waals surface area contributed by atoms with Gasteiger partial charge in [-0.15, -0.1) is 0 Å². The standard InChI is InChI=1S/C10H18O5/c1-3-14-9(11)5-7-13-8-6-10(12)15-4-2/h3-8H2,1-2H3. The smallest absolute Gasteiger partial charge is 0.308 e. The summed E-state index contributed by atoms with van der Waals surface area (Å²) in [7, 11) is 0. The topological polar surface area (TPSA) is 61.8 Å². The second-order valence-electron chi connectivity index (χ2n) is 2.72. The SMILES string of the molecule is CCOC(=O)CCOCCC(=O)OCC. The fourth-order valence-electron chi connectivity index (χ4n) is 0.879. The maximum absolute atomic E-state index is 10.8. The Balaban J connectivity index is 3.24. The zero-order chi connectivity index (χ0) is 11.5. The molecule has 0 atom stereocenters. The van der Waals surface area contributed by atoms with E-state index in [1.54, 1.807) is 13.8 Å². The molecule has 0 bridgehead atoms. The van der Waals surface area contributed by atoms with Gasteiger partial charge in [-0.1, -0.05) is 0 Å². The van der Waals surface area contributed by atoms with Gasteiger partial charge in [0.1, 0.15) is 0 Å². The van der Waals surface area contributed by atoms with E-state index in [0.29, 0.717) is 13.2 Å². The van der Waals surface area contributed by atoms with Gasteiger partial charge in [0.2, 0.25) is 0 Å². The number of carbonyl (C=O) groups is 2. The average Bonchev–Trinajstić information content (AvgIpc) is 2.18. The Bertz CT molecular complexity index is 170. The molecule has 0 aromatic rings. The van der Waals surface area contributed by atoms with E-state index in [0.717, 1.165) is 0 Å². The van der Waals surface area contributed by atoms with Gasteiger partial charge in [-0.05, 0) is 13.8 Å². The van der Waals surface area contributed by atoms with Crippen LogP contribution in [0.25, 0.3) is 0 Å². The number of carbonyl (C=O) groups excluding carboxylic acids is 2. The highest BCUT2D eigenvalue weighted by molar-refractivity contribution is 5.69. The summed E-state index contributed by atoms with van der Waals surface area (Å²) in [5.74, 6) is -0.567. The van der Waals surface area contributed by atoms with Gasteiger partial charge in [0.25, 0.3) is 0 Å². The number of ether oxygens (including phenoxy) is 3. The van der Waals surface area contributed by atoms with Crippen LogP contribution in [-0.2, 0) is 23.8 Å². The summed E-state index contributed by atoms with van der Waals surface area (Å²) in [6, 6.07) is 0. The molecule has 5 nitrogen and oxygen atoms in total. The first-order chi connectivity index (χ1) is 7.20. The van der Waals surface area contributed by atoms with E-state index in [-0.39, 0.29) is 38.0 Å². The molecular formula is C10H18O5. The lowest BCUT2D eigenvalue weighted by molar-refractivity contribution is -0.145. The van der Waals surface area contributed by atoms with E-state index in [1.807, 2.05) is 0 Å². The quantitative estimate of drug-likeness (QED) is 0.447. The van der Waals surface area contributed by atoms with E-state index in [4.69, 9.17) is 14.2 Å². The van der Waals surface area contributed by atoms with Crippen LogP contribution in [0, 0.1) is 0 Å². The highest BCUT2D eigenvalue weighted by atomic mass is 16.5. The lowest BCUT2D eigenvalue weighted by Crippen LogP contribution is -2.11. The number of hydrogen-bond donors (Lipinski definition) is 0. The molecule has 5 heteroatoms. The van der Waals surface area contributed by atoms with Gasteiger partial charge in [0.15, 0.2) is 0 Å². The van der Waals surface area contributed by atoms with Crippen molar-refractivity contribution >= 4 is 11.9 Å². The summed E-state index contributed by atoms with van der Waals surface area (Å²) in [6.45, 7) is 4.80. The minimum absolute atomic E-state index is 0.219. The van der Waals surface area contributed by atoms with Crippen LogP contribution in [0.5, 0.6) is 0 Å². The van der Waals surface area contributed by atoms with Crippen molar-refractivity contribution in [3.8, 4) is 0 Å². The molecule has 0 heterocycles. The summed E-state index contributed by atoms with van der Waals surface area (Å²) in [4.78, 5) is 21.7. The van der Waals surface area contributed by atoms with Crippen molar-refractivity contribution in [3.63, 3.8) is 0 Å². The van der Waals surface area contributed by atoms with Crippen LogP contribution in [0.1, 0.15) is 26.7 Å². The number of hydrogen-bond acceptors (Lipinski definition) is 5. The molecule has 15 heavy (non-hydrogen) atoms. The van der Waals surface area contributed by atoms with Gasteiger partial charge in [-0.2, -0.15) is 0 Å². The molecule has 0 rings (SSSR count). The fourth-order valence-corrected chi connectivity index (χ4v) is 0.879. The second kappa shape index (κ2) is 9.45. The van der Waals surface area contributed by atoms with Gasteiger partial charge >= 0.3 is 11.9 Å². The van der Waals surface area contributed by atoms with Crippen molar-refractivity contribution in [2.24, 2.45) is 0 Å². The largest absolute Gasteiger partial charge is 0.466 e. The summed E-state index contributed by atoms with van der Waals surface area (Å²) < 4.78 is 14.5. The predicted octanol–water partition coefficient (Wildman–Crippen LogP) is 0.909. The Hall–Kier alpha value is -1.10. The van der Waals surface area contributed by atoms with E-state index >= 15 is 0 Å². The second-order valence-corrected chi connectivity index (χ2v) is 2.72. The molecule has 0 fully saturated rings. The third-order valence-corrected chi connectivity index (χ3v) is 1.51. The fraction of sp³-hybridized carbons (Fsp3) is 0.800. The van der Waals surface area contributed by atoms with Gasteiger partial charge in [-0.3, -0.25) is 9.59 Å². The molecule has 0 amide bonds. The van der Waals surface area contributed by atoms with E-state index in [9.17, 15) is 9.59 Å². The van der Waals surface area contributed by atoms with Crippen LogP contribution in [0.3, 0.4) is 0 Å². The molecule has 0 unspecified atom stereocenters. The van der Waals surface area contributed by atoms with Gasteiger partial charge < -0.3 is 14.2 Å². The first kappa shape index (κ1) is 13.9. The van der Waals surface area contributed by atoms with Crippen LogP contribution < -0.4 is 0 Å². The molecule has 0 saturated carbocycles. The first-order valence-corrected chi connectivity index (χ1v) is 5.09. The van der Waals surface area contributed by atoms with Gasteiger partial charge in [0, 0.05) is 0 Å². The van der Waals surface area contributed by atoms with Gasteiger partial charge in [0.05, 0.1) is 39.3 Å². The molecule has 0 aliphatic rings. The van der Waals surface area contributed by atoms with Crippen LogP contribution >= 0.6 is 0 Å². The number of rotatable bonds is 8. The molecule has 0 aliphatic carbocycles. The zero-order valence-electron chi connectivity index (χ0n) is 9.28. The molecule has 0 aromatic carbocycles. The third kappa shape index (κ3) is 9.21. The molecule has 0 saturated heterocycles. The molecule has 88 valence electrons. The minimum Gasteiger partial charge on any atom is -0.466 e. The average molecular weight is 218 g/mol. The predicted molar refractivity (Wildman–Crippen MR) is 53.3 cm³/mol. The maximum atomic E-state index is 10.8. The summed E-state index contributed by atoms with van der Waals surface area (Å²) in [5, 5.41) is 0. The van der Waals surface area contributed by atoms with Crippen molar-refractivity contribution in [2.45, 2.75) is 26.7 Å². The van der Waals surface area contributed by atoms with Crippen molar-refractivity contribution in [1.29, 1.82) is 0 Å². The summed E-state index contributed by atoms with van der Waals surface area (Å²) in [6.07, 6.45) is 0.438. The van der Waals surface area contributed by atoms with Crippen LogP contribution in [-0.4, -0.2) is 38.4 Å². The molecule has 0 spiro atoms. The normalized spacial score (nSPS) is 9.73. The maximum Gasteiger partial charge on any atom is 0.308 e. The van der Waals surface area contributed by atoms with Crippen molar-refractivity contribution in [3.05, 3.63) is 0 Å². The van der Waals surface area contributed by atoms with Gasteiger partial charge in [-0.25, -0.2) is 0 Å². The highest BCUT2D eigenvalue weighted by Gasteiger charge is 2.03. The minimum atomic E-state index is -0.284. The molecule has 0 aromatic heterocycles. The van der Waals surface area contributed by atoms with Crippen molar-refractivity contribution in [2.75, 3.05) is 26.4 Å². The Morgan fingerprint density at radius 3 is 1.60 bits per heavy atom. The van der Waals surface area contributed by atoms with Crippen molar-refractivity contribution in [1.82, 2.24) is 0 Å². The Labute approximate surface area is 89.7 Å². The van der Waals surface area contributed by atoms with E-state index in [1.165, 1.54) is 0 Å². The molecule has 0 aliphatic heterocycles. The summed E-state index contributed by atoms with van der Waals surface area (Å²) >= 11 is 0. The molecule has 0 radical (unpaired) electrons. The monoisotopic (exact) mass is 218 g/mol. The number of esters is 2. The Morgan fingerprint density at radius 1 is 0.867 bits per heavy atom. The molecular weight excluding hydrogens is 200 g/mol. The highest BCUT2D eigenvalue weighted by Crippen LogP contribution is 1.91. The molecule has 0 N–H and O–H groups in total. The zero-order valence-corrected chi connectivity index (χ0v) is 9.28. The Kier molecular flexibility index (Phi) is 8.76. The van der Waals surface area contributed by atoms with Crippen molar-refractivity contribution < 1.29 is 23.8 Å². The summed E-state index contributed by atoms with van der Waals surface area (Å²) in [5.41, 5.74) is 0. The van der Waals surface area contributed by atoms with Crippen LogP contribution in [0.2, 0.25) is 0 Å².